The third-order valence-electron chi connectivity index (χ3n) is 1.86. The summed E-state index contributed by atoms with van der Waals surface area (Å²) in [7, 11) is 1.56. The lowest BCUT2D eigenvalue weighted by molar-refractivity contribution is 0.254. The van der Waals surface area contributed by atoms with Gasteiger partial charge in [0.2, 0.25) is 0 Å². The lowest BCUT2D eigenvalue weighted by Crippen LogP contribution is -2.24. The quantitative estimate of drug-likeness (QED) is 0.641. The molecule has 0 bridgehead atoms. The van der Waals surface area contributed by atoms with Gasteiger partial charge in [-0.1, -0.05) is 11.3 Å². The van der Waals surface area contributed by atoms with E-state index in [9.17, 15) is 4.79 Å². The molecule has 15 heavy (non-hydrogen) atoms. The standard InChI is InChI=1S/C9H10N4OS/c1-11-8(14)13-9-12-6-3-2-5(10)4-7(6)15-9/h2-4H,10H2,1H3,(H2,11,12,13,14). The van der Waals surface area contributed by atoms with E-state index in [1.807, 2.05) is 12.1 Å². The number of carbonyl (C=O) groups excluding carboxylic acids is 1. The highest BCUT2D eigenvalue weighted by Gasteiger charge is 2.05. The first-order chi connectivity index (χ1) is 7.19. The molecule has 0 radical (unpaired) electrons. The number of urea groups is 1. The summed E-state index contributed by atoms with van der Waals surface area (Å²) < 4.78 is 0.960. The second-order valence-electron chi connectivity index (χ2n) is 2.95. The highest BCUT2D eigenvalue weighted by Crippen LogP contribution is 2.27. The van der Waals surface area contributed by atoms with Crippen molar-refractivity contribution in [3.8, 4) is 0 Å². The van der Waals surface area contributed by atoms with Crippen LogP contribution in [0.15, 0.2) is 18.2 Å². The Morgan fingerprint density at radius 2 is 2.33 bits per heavy atom. The third kappa shape index (κ3) is 1.99. The number of anilines is 2. The fraction of sp³-hybridized carbons (Fsp3) is 0.111. The van der Waals surface area contributed by atoms with Gasteiger partial charge in [0.1, 0.15) is 0 Å². The van der Waals surface area contributed by atoms with Crippen LogP contribution in [-0.4, -0.2) is 18.1 Å². The third-order valence-corrected chi connectivity index (χ3v) is 2.79. The van der Waals surface area contributed by atoms with Crippen molar-refractivity contribution in [2.45, 2.75) is 0 Å². The Kier molecular flexibility index (Phi) is 2.42. The van der Waals surface area contributed by atoms with Crippen LogP contribution in [-0.2, 0) is 0 Å². The first kappa shape index (κ1) is 9.72. The number of aromatic nitrogens is 1. The van der Waals surface area contributed by atoms with Crippen LogP contribution in [0.25, 0.3) is 10.2 Å². The van der Waals surface area contributed by atoms with Crippen LogP contribution >= 0.6 is 11.3 Å². The number of fused-ring (bicyclic) bond motifs is 1. The van der Waals surface area contributed by atoms with E-state index in [2.05, 4.69) is 15.6 Å². The average molecular weight is 222 g/mol. The molecule has 6 heteroatoms. The van der Waals surface area contributed by atoms with Crippen LogP contribution < -0.4 is 16.4 Å². The minimum Gasteiger partial charge on any atom is -0.399 e. The van der Waals surface area contributed by atoms with Gasteiger partial charge in [0.25, 0.3) is 0 Å². The highest BCUT2D eigenvalue weighted by atomic mass is 32.1. The van der Waals surface area contributed by atoms with Crippen LogP contribution in [0.2, 0.25) is 0 Å². The number of nitrogens with zero attached hydrogens (tertiary/aromatic N) is 1. The molecule has 4 N–H and O–H groups in total. The molecule has 5 nitrogen and oxygen atoms in total. The van der Waals surface area contributed by atoms with Crippen molar-refractivity contribution in [2.24, 2.45) is 0 Å². The summed E-state index contributed by atoms with van der Waals surface area (Å²) in [5.74, 6) is 0. The Morgan fingerprint density at radius 1 is 1.53 bits per heavy atom. The molecule has 1 aromatic heterocycles. The molecule has 2 rings (SSSR count). The maximum Gasteiger partial charge on any atom is 0.320 e. The molecule has 0 atom stereocenters. The first-order valence-electron chi connectivity index (χ1n) is 4.34. The maximum atomic E-state index is 11.0. The van der Waals surface area contributed by atoms with Crippen LogP contribution in [0.5, 0.6) is 0 Å². The molecule has 2 aromatic rings. The number of carbonyl (C=O) groups is 1. The number of nitrogens with two attached hydrogens (primary N) is 1. The lowest BCUT2D eigenvalue weighted by atomic mass is 10.3. The zero-order valence-corrected chi connectivity index (χ0v) is 8.89. The fourth-order valence-electron chi connectivity index (χ4n) is 1.15. The smallest absolute Gasteiger partial charge is 0.320 e. The number of nitrogen functional groups attached to an aromatic ring is 1. The van der Waals surface area contributed by atoms with E-state index in [1.165, 1.54) is 11.3 Å². The van der Waals surface area contributed by atoms with Gasteiger partial charge in [-0.15, -0.1) is 0 Å². The summed E-state index contributed by atoms with van der Waals surface area (Å²) >= 11 is 1.39. The topological polar surface area (TPSA) is 80.0 Å². The van der Waals surface area contributed by atoms with Crippen LogP contribution in [0.4, 0.5) is 15.6 Å². The lowest BCUT2D eigenvalue weighted by Gasteiger charge is -1.97. The van der Waals surface area contributed by atoms with Gasteiger partial charge in [0, 0.05) is 12.7 Å². The molecule has 0 saturated heterocycles. The van der Waals surface area contributed by atoms with Crippen molar-refractivity contribution < 1.29 is 4.79 Å². The van der Waals surface area contributed by atoms with Crippen LogP contribution in [0, 0.1) is 0 Å². The van der Waals surface area contributed by atoms with Crippen molar-refractivity contribution in [2.75, 3.05) is 18.1 Å². The van der Waals surface area contributed by atoms with Crippen molar-refractivity contribution >= 4 is 38.4 Å². The normalized spacial score (nSPS) is 10.2. The van der Waals surface area contributed by atoms with E-state index in [-0.39, 0.29) is 6.03 Å². The fourth-order valence-corrected chi connectivity index (χ4v) is 2.06. The summed E-state index contributed by atoms with van der Waals surface area (Å²) in [6.07, 6.45) is 0. The summed E-state index contributed by atoms with van der Waals surface area (Å²) in [4.78, 5) is 15.3. The van der Waals surface area contributed by atoms with E-state index in [4.69, 9.17) is 5.73 Å². The molecule has 0 fully saturated rings. The summed E-state index contributed by atoms with van der Waals surface area (Å²) in [5, 5.41) is 5.64. The number of nitrogens with one attached hydrogen (secondary N) is 2. The maximum absolute atomic E-state index is 11.0. The van der Waals surface area contributed by atoms with Crippen molar-refractivity contribution in [3.05, 3.63) is 18.2 Å². The molecule has 0 spiro atoms. The first-order valence-corrected chi connectivity index (χ1v) is 5.15. The molecule has 0 unspecified atom stereocenters. The molecule has 1 heterocycles. The predicted octanol–water partition coefficient (Wildman–Crippen LogP) is 1.63. The number of thiazole rings is 1. The van der Waals surface area contributed by atoms with Gasteiger partial charge < -0.3 is 11.1 Å². The van der Waals surface area contributed by atoms with E-state index < -0.39 is 0 Å². The minimum absolute atomic E-state index is 0.276. The van der Waals surface area contributed by atoms with Gasteiger partial charge in [-0.3, -0.25) is 5.32 Å². The van der Waals surface area contributed by atoms with E-state index in [0.29, 0.717) is 10.8 Å². The highest BCUT2D eigenvalue weighted by molar-refractivity contribution is 7.22. The molecule has 78 valence electrons. The van der Waals surface area contributed by atoms with Crippen LogP contribution in [0.1, 0.15) is 0 Å². The van der Waals surface area contributed by atoms with E-state index in [0.717, 1.165) is 10.2 Å². The molecule has 0 aliphatic carbocycles. The van der Waals surface area contributed by atoms with Gasteiger partial charge >= 0.3 is 6.03 Å². The number of rotatable bonds is 1. The summed E-state index contributed by atoms with van der Waals surface area (Å²) in [6.45, 7) is 0. The Balaban J connectivity index is 2.34. The zero-order chi connectivity index (χ0) is 10.8. The molecule has 0 aliphatic heterocycles. The molecule has 2 amide bonds. The van der Waals surface area contributed by atoms with Gasteiger partial charge in [-0.05, 0) is 18.2 Å². The predicted molar refractivity (Wildman–Crippen MR) is 62.1 cm³/mol. The van der Waals surface area contributed by atoms with Gasteiger partial charge in [-0.2, -0.15) is 0 Å². The number of hydrogen-bond acceptors (Lipinski definition) is 4. The van der Waals surface area contributed by atoms with E-state index in [1.54, 1.807) is 13.1 Å². The Labute approximate surface area is 90.3 Å². The molecule has 1 aromatic carbocycles. The average Bonchev–Trinajstić information content (AvgIpc) is 2.59. The number of benzene rings is 1. The monoisotopic (exact) mass is 222 g/mol. The largest absolute Gasteiger partial charge is 0.399 e. The van der Waals surface area contributed by atoms with Gasteiger partial charge in [0.05, 0.1) is 10.2 Å². The zero-order valence-electron chi connectivity index (χ0n) is 8.07. The Morgan fingerprint density at radius 3 is 3.07 bits per heavy atom. The minimum atomic E-state index is -0.276. The molecular formula is C9H10N4OS. The van der Waals surface area contributed by atoms with Crippen molar-refractivity contribution in [1.82, 2.24) is 10.3 Å². The second-order valence-corrected chi connectivity index (χ2v) is 3.98. The summed E-state index contributed by atoms with van der Waals surface area (Å²) in [5.41, 5.74) is 7.17. The summed E-state index contributed by atoms with van der Waals surface area (Å²) in [6, 6.07) is 5.17. The van der Waals surface area contributed by atoms with Crippen molar-refractivity contribution in [3.63, 3.8) is 0 Å². The molecule has 0 saturated carbocycles. The number of hydrogen-bond donors (Lipinski definition) is 3. The molecular weight excluding hydrogens is 212 g/mol. The van der Waals surface area contributed by atoms with Gasteiger partial charge in [-0.25, -0.2) is 9.78 Å². The Bertz CT molecular complexity index is 508. The van der Waals surface area contributed by atoms with Crippen LogP contribution in [0.3, 0.4) is 0 Å². The van der Waals surface area contributed by atoms with E-state index >= 15 is 0 Å². The SMILES string of the molecule is CNC(=O)Nc1nc2ccc(N)cc2s1. The van der Waals surface area contributed by atoms with Crippen molar-refractivity contribution in [1.29, 1.82) is 0 Å². The van der Waals surface area contributed by atoms with Gasteiger partial charge in [0.15, 0.2) is 5.13 Å². The number of amides is 2. The Hall–Kier alpha value is -1.82. The second kappa shape index (κ2) is 3.74. The molecule has 0 aliphatic rings.